The van der Waals surface area contributed by atoms with Crippen molar-refractivity contribution in [2.24, 2.45) is 0 Å². The summed E-state index contributed by atoms with van der Waals surface area (Å²) in [6.45, 7) is 1.32. The van der Waals surface area contributed by atoms with Crippen molar-refractivity contribution in [3.8, 4) is 0 Å². The summed E-state index contributed by atoms with van der Waals surface area (Å²) >= 11 is 0. The van der Waals surface area contributed by atoms with E-state index >= 15 is 0 Å². The molecule has 0 spiro atoms. The quantitative estimate of drug-likeness (QED) is 0.389. The van der Waals surface area contributed by atoms with Gasteiger partial charge in [-0.3, -0.25) is 6.29 Å². The van der Waals surface area contributed by atoms with Gasteiger partial charge in [0, 0.05) is 18.6 Å². The summed E-state index contributed by atoms with van der Waals surface area (Å²) < 4.78 is 0. The second-order valence-electron chi connectivity index (χ2n) is 0.204. The first kappa shape index (κ1) is 8.87. The normalized spacial score (nSPS) is 3.25. The smallest absolute Gasteiger partial charge is 0 e. The SMILES string of the molecule is C[C-]=O.[V]. The molecule has 0 aliphatic carbocycles. The molecule has 0 N–H and O–H groups in total. The Morgan fingerprint density at radius 1 is 1.75 bits per heavy atom. The molecular formula is C2H3OV-. The Balaban J connectivity index is 0. The van der Waals surface area contributed by atoms with Crippen molar-refractivity contribution >= 4 is 6.29 Å². The van der Waals surface area contributed by atoms with Gasteiger partial charge in [0.05, 0.1) is 0 Å². The Labute approximate surface area is 37.3 Å². The maximum atomic E-state index is 8.68. The standard InChI is InChI=1S/C2H3O.V/c1-2-3;/h1H3;/q-1;. The summed E-state index contributed by atoms with van der Waals surface area (Å²) in [6.07, 6.45) is 1.50. The van der Waals surface area contributed by atoms with Crippen LogP contribution in [0.4, 0.5) is 0 Å². The molecule has 0 rings (SSSR count). The molecule has 2 heteroatoms. The summed E-state index contributed by atoms with van der Waals surface area (Å²) in [5.41, 5.74) is 0. The van der Waals surface area contributed by atoms with Crippen LogP contribution in [0.3, 0.4) is 0 Å². The van der Waals surface area contributed by atoms with Crippen LogP contribution in [0.5, 0.6) is 0 Å². The summed E-state index contributed by atoms with van der Waals surface area (Å²) in [5, 5.41) is 0. The number of hydrogen-bond acceptors (Lipinski definition) is 1. The van der Waals surface area contributed by atoms with E-state index < -0.39 is 0 Å². The summed E-state index contributed by atoms with van der Waals surface area (Å²) in [4.78, 5) is 8.68. The molecule has 0 aliphatic rings. The van der Waals surface area contributed by atoms with Crippen LogP contribution < -0.4 is 0 Å². The van der Waals surface area contributed by atoms with Crippen LogP contribution in [-0.2, 0) is 23.4 Å². The molecule has 0 bridgehead atoms. The second-order valence-corrected chi connectivity index (χ2v) is 0.204. The average Bonchev–Trinajstić information content (AvgIpc) is 0.918. The van der Waals surface area contributed by atoms with Crippen molar-refractivity contribution in [1.29, 1.82) is 0 Å². The number of rotatable bonds is 0. The Kier molecular flexibility index (Phi) is 23.3. The van der Waals surface area contributed by atoms with Crippen LogP contribution in [0, 0.1) is 0 Å². The predicted octanol–water partition coefficient (Wildman–Crippen LogP) is 0.113. The Morgan fingerprint density at radius 2 is 1.75 bits per heavy atom. The van der Waals surface area contributed by atoms with Gasteiger partial charge in [0.2, 0.25) is 0 Å². The molecule has 0 heterocycles. The first-order valence-electron chi connectivity index (χ1n) is 0.704. The van der Waals surface area contributed by atoms with E-state index in [0.717, 1.165) is 0 Å². The molecule has 0 fully saturated rings. The molecule has 0 aromatic heterocycles. The van der Waals surface area contributed by atoms with Gasteiger partial charge >= 0.3 is 0 Å². The molecule has 0 amide bonds. The van der Waals surface area contributed by atoms with Gasteiger partial charge in [0.15, 0.2) is 0 Å². The summed E-state index contributed by atoms with van der Waals surface area (Å²) in [7, 11) is 0. The van der Waals surface area contributed by atoms with Crippen molar-refractivity contribution in [2.45, 2.75) is 6.92 Å². The Morgan fingerprint density at radius 3 is 1.75 bits per heavy atom. The van der Waals surface area contributed by atoms with E-state index in [9.17, 15) is 0 Å². The molecule has 0 saturated heterocycles. The predicted molar refractivity (Wildman–Crippen MR) is 11.4 cm³/mol. The average molecular weight is 94.0 g/mol. The van der Waals surface area contributed by atoms with Crippen molar-refractivity contribution in [3.05, 3.63) is 0 Å². The van der Waals surface area contributed by atoms with Crippen LogP contribution in [-0.4, -0.2) is 6.29 Å². The van der Waals surface area contributed by atoms with Gasteiger partial charge in [-0.15, -0.1) is 0 Å². The molecule has 0 aromatic carbocycles. The molecule has 23 valence electrons. The minimum Gasteiger partial charge on any atom is -0.542 e. The molecule has 1 nitrogen and oxygen atoms in total. The fourth-order valence-electron chi connectivity index (χ4n) is 0. The van der Waals surface area contributed by atoms with Crippen LogP contribution in [0.15, 0.2) is 0 Å². The largest absolute Gasteiger partial charge is 0.542 e. The molecule has 0 saturated carbocycles. The van der Waals surface area contributed by atoms with E-state index in [2.05, 4.69) is 0 Å². The molecule has 0 aliphatic heterocycles. The first-order chi connectivity index (χ1) is 1.41. The van der Waals surface area contributed by atoms with Crippen LogP contribution in [0.25, 0.3) is 0 Å². The van der Waals surface area contributed by atoms with Gasteiger partial charge in [0.1, 0.15) is 0 Å². The van der Waals surface area contributed by atoms with Crippen molar-refractivity contribution < 1.29 is 23.4 Å². The van der Waals surface area contributed by atoms with Gasteiger partial charge in [-0.25, -0.2) is 0 Å². The Bertz CT molecular complexity index is 13.5. The zero-order chi connectivity index (χ0) is 2.71. The van der Waals surface area contributed by atoms with Crippen LogP contribution in [0.1, 0.15) is 6.92 Å². The zero-order valence-electron chi connectivity index (χ0n) is 2.36. The van der Waals surface area contributed by atoms with E-state index in [-0.39, 0.29) is 18.6 Å². The molecule has 1 radical (unpaired) electrons. The molecule has 0 atom stereocenters. The van der Waals surface area contributed by atoms with Crippen LogP contribution in [0.2, 0.25) is 0 Å². The topological polar surface area (TPSA) is 17.1 Å². The van der Waals surface area contributed by atoms with Gasteiger partial charge in [0.25, 0.3) is 0 Å². The second kappa shape index (κ2) is 10.5. The number of hydrogen-bond donors (Lipinski definition) is 0. The molecule has 0 aromatic rings. The monoisotopic (exact) mass is 94.0 g/mol. The van der Waals surface area contributed by atoms with Gasteiger partial charge in [-0.05, 0) is 0 Å². The Hall–Kier alpha value is 0.254. The molecule has 4 heavy (non-hydrogen) atoms. The molecular weight excluding hydrogens is 91.0 g/mol. The van der Waals surface area contributed by atoms with E-state index in [1.807, 2.05) is 0 Å². The third-order valence-corrected chi connectivity index (χ3v) is 0. The maximum absolute atomic E-state index is 8.68. The summed E-state index contributed by atoms with van der Waals surface area (Å²) in [5.74, 6) is 0. The van der Waals surface area contributed by atoms with E-state index in [4.69, 9.17) is 4.79 Å². The molecule has 0 unspecified atom stereocenters. The third kappa shape index (κ3) is 54.8. The van der Waals surface area contributed by atoms with E-state index in [1.54, 1.807) is 0 Å². The summed E-state index contributed by atoms with van der Waals surface area (Å²) in [6, 6.07) is 0. The van der Waals surface area contributed by atoms with Crippen molar-refractivity contribution in [1.82, 2.24) is 0 Å². The third-order valence-electron chi connectivity index (χ3n) is 0. The van der Waals surface area contributed by atoms with Crippen molar-refractivity contribution in [2.75, 3.05) is 0 Å². The van der Waals surface area contributed by atoms with Gasteiger partial charge in [-0.2, -0.15) is 6.92 Å². The fourth-order valence-corrected chi connectivity index (χ4v) is 0. The fraction of sp³-hybridized carbons (Fsp3) is 0.500. The van der Waals surface area contributed by atoms with Gasteiger partial charge in [-0.1, -0.05) is 0 Å². The van der Waals surface area contributed by atoms with E-state index in [0.29, 0.717) is 0 Å². The van der Waals surface area contributed by atoms with Crippen molar-refractivity contribution in [3.63, 3.8) is 0 Å². The minimum atomic E-state index is 0. The zero-order valence-corrected chi connectivity index (χ0v) is 3.75. The van der Waals surface area contributed by atoms with E-state index in [1.165, 1.54) is 13.2 Å². The first-order valence-corrected chi connectivity index (χ1v) is 0.704. The minimum absolute atomic E-state index is 0. The maximum Gasteiger partial charge on any atom is 0 e. The van der Waals surface area contributed by atoms with Gasteiger partial charge < -0.3 is 4.79 Å². The van der Waals surface area contributed by atoms with Crippen LogP contribution >= 0.6 is 0 Å². The number of carbonyl (C=O) groups excluding carboxylic acids is 1.